The lowest BCUT2D eigenvalue weighted by atomic mass is 9.78. The molecule has 0 bridgehead atoms. The van der Waals surface area contributed by atoms with Crippen molar-refractivity contribution in [2.75, 3.05) is 20.8 Å². The molecule has 1 aromatic carbocycles. The number of alkyl halides is 1. The summed E-state index contributed by atoms with van der Waals surface area (Å²) in [5, 5.41) is 0.0161. The van der Waals surface area contributed by atoms with Crippen LogP contribution in [0.2, 0.25) is 0 Å². The molecule has 0 aliphatic heterocycles. The van der Waals surface area contributed by atoms with Gasteiger partial charge in [0.05, 0.1) is 25.7 Å². The molecule has 0 spiro atoms. The number of hydrogen-bond acceptors (Lipinski definition) is 3. The van der Waals surface area contributed by atoms with Crippen molar-refractivity contribution >= 4 is 11.6 Å². The lowest BCUT2D eigenvalue weighted by molar-refractivity contribution is -0.0267. The monoisotopic (exact) mass is 298 g/mol. The van der Waals surface area contributed by atoms with Crippen LogP contribution in [-0.4, -0.2) is 26.9 Å². The Morgan fingerprint density at radius 1 is 1.20 bits per heavy atom. The van der Waals surface area contributed by atoms with E-state index in [0.717, 1.165) is 42.9 Å². The molecule has 3 nitrogen and oxygen atoms in total. The maximum atomic E-state index is 6.53. The molecule has 4 heteroatoms. The number of hydrogen-bond donors (Lipinski definition) is 0. The molecule has 0 aromatic heterocycles. The number of halogens is 1. The molecule has 1 aromatic rings. The predicted octanol–water partition coefficient (Wildman–Crippen LogP) is 4.19. The predicted molar refractivity (Wildman–Crippen MR) is 80.9 cm³/mol. The van der Waals surface area contributed by atoms with Crippen molar-refractivity contribution in [2.45, 2.75) is 37.7 Å². The van der Waals surface area contributed by atoms with Gasteiger partial charge in [0, 0.05) is 6.61 Å². The van der Waals surface area contributed by atoms with E-state index < -0.39 is 0 Å². The summed E-state index contributed by atoms with van der Waals surface area (Å²) in [6.45, 7) is 2.85. The Morgan fingerprint density at radius 2 is 1.90 bits per heavy atom. The molecule has 1 unspecified atom stereocenters. The van der Waals surface area contributed by atoms with Crippen LogP contribution >= 0.6 is 11.6 Å². The van der Waals surface area contributed by atoms with Gasteiger partial charge in [0.15, 0.2) is 11.5 Å². The minimum atomic E-state index is 0.0161. The summed E-state index contributed by atoms with van der Waals surface area (Å²) in [4.78, 5) is 0. The smallest absolute Gasteiger partial charge is 0.161 e. The molecule has 1 atom stereocenters. The third-order valence-electron chi connectivity index (χ3n) is 3.90. The molecule has 0 N–H and O–H groups in total. The fourth-order valence-corrected chi connectivity index (χ4v) is 3.10. The molecular formula is C16H23ClO3. The fraction of sp³-hybridized carbons (Fsp3) is 0.625. The van der Waals surface area contributed by atoms with E-state index in [0.29, 0.717) is 12.0 Å². The highest BCUT2D eigenvalue weighted by molar-refractivity contribution is 6.20. The lowest BCUT2D eigenvalue weighted by Crippen LogP contribution is -2.31. The van der Waals surface area contributed by atoms with Crippen molar-refractivity contribution in [1.82, 2.24) is 0 Å². The summed E-state index contributed by atoms with van der Waals surface area (Å²) in [6.07, 6.45) is 3.69. The molecule has 0 heterocycles. The quantitative estimate of drug-likeness (QED) is 0.707. The standard InChI is InChI=1S/C16H23ClO3/c1-4-20-13-7-11(8-13)9-14(17)12-5-6-15(18-2)16(10-12)19-3/h5-6,10-11,13-14H,4,7-9H2,1-3H3. The van der Waals surface area contributed by atoms with Crippen molar-refractivity contribution < 1.29 is 14.2 Å². The van der Waals surface area contributed by atoms with Crippen molar-refractivity contribution in [1.29, 1.82) is 0 Å². The Bertz CT molecular complexity index is 430. The van der Waals surface area contributed by atoms with Gasteiger partial charge >= 0.3 is 0 Å². The zero-order chi connectivity index (χ0) is 14.5. The molecule has 0 amide bonds. The molecule has 2 rings (SSSR count). The number of benzene rings is 1. The third-order valence-corrected chi connectivity index (χ3v) is 4.33. The van der Waals surface area contributed by atoms with Crippen LogP contribution in [-0.2, 0) is 4.74 Å². The van der Waals surface area contributed by atoms with Crippen molar-refractivity contribution in [3.8, 4) is 11.5 Å². The van der Waals surface area contributed by atoms with Gasteiger partial charge in [-0.2, -0.15) is 0 Å². The molecule has 0 saturated heterocycles. The molecule has 20 heavy (non-hydrogen) atoms. The topological polar surface area (TPSA) is 27.7 Å². The maximum Gasteiger partial charge on any atom is 0.161 e. The summed E-state index contributed by atoms with van der Waals surface area (Å²) >= 11 is 6.53. The zero-order valence-electron chi connectivity index (χ0n) is 12.4. The van der Waals surface area contributed by atoms with E-state index in [1.165, 1.54) is 0 Å². The van der Waals surface area contributed by atoms with Crippen LogP contribution in [0.3, 0.4) is 0 Å². The van der Waals surface area contributed by atoms with Crippen LogP contribution in [0.4, 0.5) is 0 Å². The van der Waals surface area contributed by atoms with Crippen LogP contribution in [0.5, 0.6) is 11.5 Å². The molecule has 1 saturated carbocycles. The number of ether oxygens (including phenoxy) is 3. The first-order valence-corrected chi connectivity index (χ1v) is 7.59. The van der Waals surface area contributed by atoms with E-state index in [2.05, 4.69) is 0 Å². The molecule has 1 fully saturated rings. The van der Waals surface area contributed by atoms with Gasteiger partial charge in [-0.3, -0.25) is 0 Å². The van der Waals surface area contributed by atoms with E-state index in [-0.39, 0.29) is 5.38 Å². The van der Waals surface area contributed by atoms with Gasteiger partial charge in [-0.25, -0.2) is 0 Å². The first-order valence-electron chi connectivity index (χ1n) is 7.15. The van der Waals surface area contributed by atoms with Gasteiger partial charge in [0.1, 0.15) is 0 Å². The number of rotatable bonds is 7. The van der Waals surface area contributed by atoms with Crippen LogP contribution in [0.15, 0.2) is 18.2 Å². The molecular weight excluding hydrogens is 276 g/mol. The second-order valence-electron chi connectivity index (χ2n) is 5.23. The zero-order valence-corrected chi connectivity index (χ0v) is 13.2. The van der Waals surface area contributed by atoms with E-state index >= 15 is 0 Å². The number of methoxy groups -OCH3 is 2. The molecule has 1 aliphatic rings. The average Bonchev–Trinajstić information content (AvgIpc) is 2.44. The molecule has 1 aliphatic carbocycles. The van der Waals surface area contributed by atoms with Gasteiger partial charge in [-0.15, -0.1) is 11.6 Å². The highest BCUT2D eigenvalue weighted by Gasteiger charge is 2.31. The Morgan fingerprint density at radius 3 is 2.50 bits per heavy atom. The first kappa shape index (κ1) is 15.5. The van der Waals surface area contributed by atoms with Crippen molar-refractivity contribution in [2.24, 2.45) is 5.92 Å². The lowest BCUT2D eigenvalue weighted by Gasteiger charge is -2.36. The minimum Gasteiger partial charge on any atom is -0.493 e. The Hall–Kier alpha value is -0.930. The van der Waals surface area contributed by atoms with E-state index in [9.17, 15) is 0 Å². The Labute approximate surface area is 126 Å². The second-order valence-corrected chi connectivity index (χ2v) is 5.76. The summed E-state index contributed by atoms with van der Waals surface area (Å²) < 4.78 is 16.1. The van der Waals surface area contributed by atoms with Crippen LogP contribution in [0.1, 0.15) is 37.1 Å². The molecule has 112 valence electrons. The van der Waals surface area contributed by atoms with Gasteiger partial charge in [0.25, 0.3) is 0 Å². The summed E-state index contributed by atoms with van der Waals surface area (Å²) in [6, 6.07) is 5.89. The van der Waals surface area contributed by atoms with Crippen molar-refractivity contribution in [3.63, 3.8) is 0 Å². The van der Waals surface area contributed by atoms with E-state index in [1.54, 1.807) is 14.2 Å². The van der Waals surface area contributed by atoms with E-state index in [4.69, 9.17) is 25.8 Å². The third kappa shape index (κ3) is 3.58. The van der Waals surface area contributed by atoms with Gasteiger partial charge < -0.3 is 14.2 Å². The van der Waals surface area contributed by atoms with Gasteiger partial charge in [0.2, 0.25) is 0 Å². The van der Waals surface area contributed by atoms with Gasteiger partial charge in [-0.1, -0.05) is 6.07 Å². The normalized spacial score (nSPS) is 23.0. The molecule has 0 radical (unpaired) electrons. The largest absolute Gasteiger partial charge is 0.493 e. The Kier molecular flexibility index (Phi) is 5.55. The van der Waals surface area contributed by atoms with Crippen molar-refractivity contribution in [3.05, 3.63) is 23.8 Å². The van der Waals surface area contributed by atoms with Crippen LogP contribution < -0.4 is 9.47 Å². The summed E-state index contributed by atoms with van der Waals surface area (Å²) in [5.41, 5.74) is 1.09. The van der Waals surface area contributed by atoms with Gasteiger partial charge in [-0.05, 0) is 49.8 Å². The SMILES string of the molecule is CCOC1CC(CC(Cl)c2ccc(OC)c(OC)c2)C1. The highest BCUT2D eigenvalue weighted by Crippen LogP contribution is 2.41. The average molecular weight is 299 g/mol. The van der Waals surface area contributed by atoms with Crippen LogP contribution in [0, 0.1) is 5.92 Å². The van der Waals surface area contributed by atoms with E-state index in [1.807, 2.05) is 25.1 Å². The second kappa shape index (κ2) is 7.19. The first-order chi connectivity index (χ1) is 9.67. The Balaban J connectivity index is 1.91. The maximum absolute atomic E-state index is 6.53. The fourth-order valence-electron chi connectivity index (χ4n) is 2.72. The summed E-state index contributed by atoms with van der Waals surface area (Å²) in [7, 11) is 3.28. The summed E-state index contributed by atoms with van der Waals surface area (Å²) in [5.74, 6) is 2.14. The highest BCUT2D eigenvalue weighted by atomic mass is 35.5. The van der Waals surface area contributed by atoms with Crippen LogP contribution in [0.25, 0.3) is 0 Å². The minimum absolute atomic E-state index is 0.0161.